The number of rotatable bonds is 2. The molecular weight excluding hydrogens is 250 g/mol. The van der Waals surface area contributed by atoms with Gasteiger partial charge in [0, 0.05) is 5.56 Å². The fourth-order valence-corrected chi connectivity index (χ4v) is 2.09. The van der Waals surface area contributed by atoms with Crippen LogP contribution in [0.1, 0.15) is 30.3 Å². The summed E-state index contributed by atoms with van der Waals surface area (Å²) < 4.78 is 5.31. The molecule has 0 saturated carbocycles. The van der Waals surface area contributed by atoms with Crippen LogP contribution in [0.3, 0.4) is 0 Å². The SMILES string of the molecule is Cc1ccc(-c2noc(C3CCCN3)n2)cc1.Cl. The summed E-state index contributed by atoms with van der Waals surface area (Å²) in [5.74, 6) is 1.38. The van der Waals surface area contributed by atoms with Gasteiger partial charge < -0.3 is 9.84 Å². The summed E-state index contributed by atoms with van der Waals surface area (Å²) in [7, 11) is 0. The van der Waals surface area contributed by atoms with Crippen molar-refractivity contribution in [3.05, 3.63) is 35.7 Å². The van der Waals surface area contributed by atoms with Gasteiger partial charge in [0.15, 0.2) is 0 Å². The Morgan fingerprint density at radius 3 is 2.72 bits per heavy atom. The normalized spacial score (nSPS) is 18.6. The van der Waals surface area contributed by atoms with Gasteiger partial charge in [-0.3, -0.25) is 0 Å². The first kappa shape index (κ1) is 13.1. The summed E-state index contributed by atoms with van der Waals surface area (Å²) in [5.41, 5.74) is 2.23. The Morgan fingerprint density at radius 1 is 1.28 bits per heavy atom. The molecule has 18 heavy (non-hydrogen) atoms. The van der Waals surface area contributed by atoms with Gasteiger partial charge in [0.2, 0.25) is 11.7 Å². The van der Waals surface area contributed by atoms with Gasteiger partial charge in [-0.15, -0.1) is 12.4 Å². The second-order valence-electron chi connectivity index (χ2n) is 4.47. The number of nitrogens with zero attached hydrogens (tertiary/aromatic N) is 2. The zero-order chi connectivity index (χ0) is 11.7. The highest BCUT2D eigenvalue weighted by Gasteiger charge is 2.22. The number of halogens is 1. The van der Waals surface area contributed by atoms with E-state index >= 15 is 0 Å². The molecule has 4 nitrogen and oxygen atoms in total. The molecule has 1 aromatic heterocycles. The summed E-state index contributed by atoms with van der Waals surface area (Å²) in [5, 5.41) is 7.39. The van der Waals surface area contributed by atoms with Crippen molar-refractivity contribution in [2.45, 2.75) is 25.8 Å². The molecule has 2 heterocycles. The van der Waals surface area contributed by atoms with Gasteiger partial charge in [-0.2, -0.15) is 4.98 Å². The van der Waals surface area contributed by atoms with Gasteiger partial charge in [0.25, 0.3) is 0 Å². The Labute approximate surface area is 112 Å². The predicted molar refractivity (Wildman–Crippen MR) is 71.7 cm³/mol. The van der Waals surface area contributed by atoms with Crippen LogP contribution >= 0.6 is 12.4 Å². The Hall–Kier alpha value is -1.39. The van der Waals surface area contributed by atoms with Crippen molar-refractivity contribution in [1.82, 2.24) is 15.5 Å². The van der Waals surface area contributed by atoms with E-state index in [2.05, 4.69) is 34.5 Å². The second kappa shape index (κ2) is 5.50. The molecule has 0 aliphatic carbocycles. The Bertz CT molecular complexity index is 503. The molecule has 1 saturated heterocycles. The highest BCUT2D eigenvalue weighted by atomic mass is 35.5. The lowest BCUT2D eigenvalue weighted by molar-refractivity contribution is 0.345. The van der Waals surface area contributed by atoms with E-state index in [1.807, 2.05) is 12.1 Å². The molecule has 0 amide bonds. The molecule has 2 aromatic rings. The van der Waals surface area contributed by atoms with Crippen molar-refractivity contribution < 1.29 is 4.52 Å². The Morgan fingerprint density at radius 2 is 2.06 bits per heavy atom. The predicted octanol–water partition coefficient (Wildman–Crippen LogP) is 2.89. The minimum atomic E-state index is 0. The van der Waals surface area contributed by atoms with Crippen molar-refractivity contribution >= 4 is 12.4 Å². The molecule has 5 heteroatoms. The van der Waals surface area contributed by atoms with Crippen LogP contribution in [0.2, 0.25) is 0 Å². The minimum absolute atomic E-state index is 0. The van der Waals surface area contributed by atoms with Crippen LogP contribution in [-0.4, -0.2) is 16.7 Å². The largest absolute Gasteiger partial charge is 0.337 e. The van der Waals surface area contributed by atoms with Crippen LogP contribution in [0, 0.1) is 6.92 Å². The molecule has 0 spiro atoms. The van der Waals surface area contributed by atoms with Gasteiger partial charge in [0.05, 0.1) is 6.04 Å². The van der Waals surface area contributed by atoms with Crippen LogP contribution < -0.4 is 5.32 Å². The number of aromatic nitrogens is 2. The molecule has 1 unspecified atom stereocenters. The summed E-state index contributed by atoms with van der Waals surface area (Å²) >= 11 is 0. The molecule has 1 aliphatic heterocycles. The van der Waals surface area contributed by atoms with Gasteiger partial charge >= 0.3 is 0 Å². The van der Waals surface area contributed by atoms with Gasteiger partial charge in [-0.05, 0) is 26.3 Å². The van der Waals surface area contributed by atoms with Crippen LogP contribution in [0.5, 0.6) is 0 Å². The number of hydrogen-bond acceptors (Lipinski definition) is 4. The number of hydrogen-bond donors (Lipinski definition) is 1. The number of aryl methyl sites for hydroxylation is 1. The third-order valence-corrected chi connectivity index (χ3v) is 3.11. The highest BCUT2D eigenvalue weighted by molar-refractivity contribution is 5.85. The summed E-state index contributed by atoms with van der Waals surface area (Å²) in [6, 6.07) is 8.39. The van der Waals surface area contributed by atoms with E-state index in [0.717, 1.165) is 18.5 Å². The van der Waals surface area contributed by atoms with Crippen molar-refractivity contribution in [2.75, 3.05) is 6.54 Å². The van der Waals surface area contributed by atoms with Gasteiger partial charge in [-0.25, -0.2) is 0 Å². The fraction of sp³-hybridized carbons (Fsp3) is 0.385. The third-order valence-electron chi connectivity index (χ3n) is 3.11. The molecule has 1 N–H and O–H groups in total. The molecule has 96 valence electrons. The maximum atomic E-state index is 5.31. The summed E-state index contributed by atoms with van der Waals surface area (Å²) in [6.07, 6.45) is 2.25. The molecule has 3 rings (SSSR count). The number of benzene rings is 1. The monoisotopic (exact) mass is 265 g/mol. The van der Waals surface area contributed by atoms with E-state index in [1.54, 1.807) is 0 Å². The lowest BCUT2D eigenvalue weighted by atomic mass is 10.1. The van der Waals surface area contributed by atoms with Gasteiger partial charge in [0.1, 0.15) is 0 Å². The average Bonchev–Trinajstić information content (AvgIpc) is 3.00. The molecule has 1 aromatic carbocycles. The first-order valence-electron chi connectivity index (χ1n) is 5.97. The molecular formula is C13H16ClN3O. The van der Waals surface area contributed by atoms with Crippen molar-refractivity contribution in [1.29, 1.82) is 0 Å². The van der Waals surface area contributed by atoms with E-state index in [4.69, 9.17) is 4.52 Å². The highest BCUT2D eigenvalue weighted by Crippen LogP contribution is 2.24. The lowest BCUT2D eigenvalue weighted by Gasteiger charge is -2.01. The number of nitrogens with one attached hydrogen (secondary N) is 1. The van der Waals surface area contributed by atoms with Crippen molar-refractivity contribution in [3.63, 3.8) is 0 Å². The molecule has 0 bridgehead atoms. The zero-order valence-corrected chi connectivity index (χ0v) is 11.0. The fourth-order valence-electron chi connectivity index (χ4n) is 2.09. The quantitative estimate of drug-likeness (QED) is 0.907. The first-order valence-corrected chi connectivity index (χ1v) is 5.97. The standard InChI is InChI=1S/C13H15N3O.ClH/c1-9-4-6-10(7-5-9)12-15-13(17-16-12)11-3-2-8-14-11;/h4-7,11,14H,2-3,8H2,1H3;1H. The van der Waals surface area contributed by atoms with E-state index < -0.39 is 0 Å². The lowest BCUT2D eigenvalue weighted by Crippen LogP contribution is -2.12. The van der Waals surface area contributed by atoms with Crippen LogP contribution in [-0.2, 0) is 0 Å². The van der Waals surface area contributed by atoms with Crippen LogP contribution in [0.4, 0.5) is 0 Å². The maximum absolute atomic E-state index is 5.31. The molecule has 1 fully saturated rings. The Kier molecular flexibility index (Phi) is 3.99. The van der Waals surface area contributed by atoms with E-state index in [0.29, 0.717) is 11.7 Å². The Balaban J connectivity index is 0.00000120. The second-order valence-corrected chi connectivity index (χ2v) is 4.47. The third kappa shape index (κ3) is 2.54. The van der Waals surface area contributed by atoms with Gasteiger partial charge in [-0.1, -0.05) is 35.0 Å². The smallest absolute Gasteiger partial charge is 0.244 e. The average molecular weight is 266 g/mol. The van der Waals surface area contributed by atoms with E-state index in [1.165, 1.54) is 12.0 Å². The van der Waals surface area contributed by atoms with Crippen molar-refractivity contribution in [2.24, 2.45) is 0 Å². The first-order chi connectivity index (χ1) is 8.33. The van der Waals surface area contributed by atoms with E-state index in [-0.39, 0.29) is 18.4 Å². The summed E-state index contributed by atoms with van der Waals surface area (Å²) in [6.45, 7) is 3.10. The zero-order valence-electron chi connectivity index (χ0n) is 10.2. The topological polar surface area (TPSA) is 51.0 Å². The summed E-state index contributed by atoms with van der Waals surface area (Å²) in [4.78, 5) is 4.45. The molecule has 0 radical (unpaired) electrons. The van der Waals surface area contributed by atoms with Crippen LogP contribution in [0.15, 0.2) is 28.8 Å². The maximum Gasteiger partial charge on any atom is 0.244 e. The van der Waals surface area contributed by atoms with Crippen LogP contribution in [0.25, 0.3) is 11.4 Å². The van der Waals surface area contributed by atoms with E-state index in [9.17, 15) is 0 Å². The van der Waals surface area contributed by atoms with Crippen molar-refractivity contribution in [3.8, 4) is 11.4 Å². The molecule has 1 aliphatic rings. The minimum Gasteiger partial charge on any atom is -0.337 e. The molecule has 1 atom stereocenters.